The number of rotatable bonds is 3. The van der Waals surface area contributed by atoms with Crippen molar-refractivity contribution in [3.05, 3.63) is 51.8 Å². The van der Waals surface area contributed by atoms with Crippen molar-refractivity contribution in [2.24, 2.45) is 10.9 Å². The third kappa shape index (κ3) is 3.25. The van der Waals surface area contributed by atoms with Crippen molar-refractivity contribution in [3.63, 3.8) is 0 Å². The van der Waals surface area contributed by atoms with Gasteiger partial charge < -0.3 is 15.7 Å². The van der Waals surface area contributed by atoms with E-state index in [1.165, 1.54) is 0 Å². The van der Waals surface area contributed by atoms with E-state index >= 15 is 0 Å². The normalized spacial score (nSPS) is 11.5. The SMILES string of the molecule is Cc1ccc(Cl)c(Oc2cc(C)nc(C)c2/C(N)=N/O)c1. The number of amidine groups is 1. The molecule has 0 amide bonds. The van der Waals surface area contributed by atoms with Crippen LogP contribution in [0.2, 0.25) is 5.02 Å². The summed E-state index contributed by atoms with van der Waals surface area (Å²) in [6, 6.07) is 7.20. The zero-order valence-corrected chi connectivity index (χ0v) is 12.8. The fourth-order valence-corrected chi connectivity index (χ4v) is 2.20. The Bertz CT molecular complexity index is 714. The van der Waals surface area contributed by atoms with Gasteiger partial charge in [-0.15, -0.1) is 0 Å². The van der Waals surface area contributed by atoms with Crippen LogP contribution in [-0.2, 0) is 0 Å². The number of oxime groups is 1. The van der Waals surface area contributed by atoms with Gasteiger partial charge in [0.25, 0.3) is 0 Å². The van der Waals surface area contributed by atoms with Crippen LogP contribution in [-0.4, -0.2) is 16.0 Å². The van der Waals surface area contributed by atoms with Gasteiger partial charge in [-0.3, -0.25) is 4.98 Å². The number of nitrogens with two attached hydrogens (primary N) is 1. The summed E-state index contributed by atoms with van der Waals surface area (Å²) in [5.74, 6) is 0.898. The monoisotopic (exact) mass is 305 g/mol. The molecule has 1 heterocycles. The van der Waals surface area contributed by atoms with Crippen molar-refractivity contribution in [2.75, 3.05) is 0 Å². The van der Waals surface area contributed by atoms with E-state index in [1.54, 1.807) is 19.1 Å². The van der Waals surface area contributed by atoms with Crippen molar-refractivity contribution in [1.29, 1.82) is 0 Å². The van der Waals surface area contributed by atoms with E-state index in [2.05, 4.69) is 10.1 Å². The lowest BCUT2D eigenvalue weighted by atomic mass is 10.1. The van der Waals surface area contributed by atoms with Gasteiger partial charge in [-0.1, -0.05) is 22.8 Å². The highest BCUT2D eigenvalue weighted by Gasteiger charge is 2.16. The van der Waals surface area contributed by atoms with Crippen molar-refractivity contribution >= 4 is 17.4 Å². The largest absolute Gasteiger partial charge is 0.455 e. The zero-order valence-electron chi connectivity index (χ0n) is 12.0. The Hall–Kier alpha value is -2.27. The first-order chi connectivity index (χ1) is 9.92. The van der Waals surface area contributed by atoms with Crippen LogP contribution in [0.5, 0.6) is 11.5 Å². The Balaban J connectivity index is 2.55. The minimum absolute atomic E-state index is 0.0567. The summed E-state index contributed by atoms with van der Waals surface area (Å²) in [7, 11) is 0. The van der Waals surface area contributed by atoms with E-state index in [9.17, 15) is 0 Å². The molecular weight excluding hydrogens is 290 g/mol. The van der Waals surface area contributed by atoms with Gasteiger partial charge in [0.15, 0.2) is 5.84 Å². The van der Waals surface area contributed by atoms with E-state index in [4.69, 9.17) is 27.3 Å². The second-order valence-corrected chi connectivity index (χ2v) is 5.15. The van der Waals surface area contributed by atoms with Crippen LogP contribution < -0.4 is 10.5 Å². The second-order valence-electron chi connectivity index (χ2n) is 4.74. The van der Waals surface area contributed by atoms with Crippen LogP contribution in [0.15, 0.2) is 29.4 Å². The standard InChI is InChI=1S/C15H16ClN3O2/c1-8-4-5-11(16)12(6-8)21-13-7-9(2)18-10(3)14(13)15(17)19-20/h4-7,20H,1-3H3,(H2,17,19). The molecule has 0 unspecified atom stereocenters. The number of pyridine rings is 1. The van der Waals surface area contributed by atoms with Crippen LogP contribution in [0.3, 0.4) is 0 Å². The van der Waals surface area contributed by atoms with Crippen molar-refractivity contribution in [3.8, 4) is 11.5 Å². The molecule has 2 aromatic rings. The minimum atomic E-state index is -0.0567. The fraction of sp³-hybridized carbons (Fsp3) is 0.200. The lowest BCUT2D eigenvalue weighted by Crippen LogP contribution is -2.17. The molecule has 110 valence electrons. The zero-order chi connectivity index (χ0) is 15.6. The quantitative estimate of drug-likeness (QED) is 0.393. The Morgan fingerprint density at radius 2 is 1.95 bits per heavy atom. The lowest BCUT2D eigenvalue weighted by Gasteiger charge is -2.14. The van der Waals surface area contributed by atoms with Gasteiger partial charge in [0.1, 0.15) is 11.5 Å². The molecule has 1 aromatic carbocycles. The molecule has 0 bridgehead atoms. The average molecular weight is 306 g/mol. The molecular formula is C15H16ClN3O2. The number of aromatic nitrogens is 1. The lowest BCUT2D eigenvalue weighted by molar-refractivity contribution is 0.318. The molecule has 21 heavy (non-hydrogen) atoms. The molecule has 2 rings (SSSR count). The van der Waals surface area contributed by atoms with E-state index in [-0.39, 0.29) is 5.84 Å². The van der Waals surface area contributed by atoms with Crippen LogP contribution in [0.1, 0.15) is 22.5 Å². The predicted octanol–water partition coefficient (Wildman–Crippen LogP) is 3.55. The van der Waals surface area contributed by atoms with Crippen LogP contribution in [0.25, 0.3) is 0 Å². The summed E-state index contributed by atoms with van der Waals surface area (Å²) >= 11 is 6.14. The summed E-state index contributed by atoms with van der Waals surface area (Å²) in [6.45, 7) is 5.55. The van der Waals surface area contributed by atoms with Gasteiger partial charge in [0, 0.05) is 11.8 Å². The van der Waals surface area contributed by atoms with Gasteiger partial charge in [0.2, 0.25) is 0 Å². The molecule has 0 atom stereocenters. The van der Waals surface area contributed by atoms with Crippen molar-refractivity contribution in [1.82, 2.24) is 4.98 Å². The molecule has 0 saturated heterocycles. The minimum Gasteiger partial charge on any atom is -0.455 e. The number of halogens is 1. The number of hydrogen-bond acceptors (Lipinski definition) is 4. The number of aryl methyl sites for hydroxylation is 3. The van der Waals surface area contributed by atoms with Crippen LogP contribution >= 0.6 is 11.6 Å². The van der Waals surface area contributed by atoms with E-state index in [1.807, 2.05) is 26.0 Å². The fourth-order valence-electron chi connectivity index (χ4n) is 2.04. The van der Waals surface area contributed by atoms with Crippen molar-refractivity contribution in [2.45, 2.75) is 20.8 Å². The summed E-state index contributed by atoms with van der Waals surface area (Å²) in [4.78, 5) is 4.30. The molecule has 0 aliphatic rings. The second kappa shape index (κ2) is 6.01. The molecule has 6 heteroatoms. The van der Waals surface area contributed by atoms with Gasteiger partial charge in [0.05, 0.1) is 16.3 Å². The molecule has 3 N–H and O–H groups in total. The highest BCUT2D eigenvalue weighted by atomic mass is 35.5. The Morgan fingerprint density at radius 1 is 1.24 bits per heavy atom. The first-order valence-corrected chi connectivity index (χ1v) is 6.70. The van der Waals surface area contributed by atoms with Crippen molar-refractivity contribution < 1.29 is 9.94 Å². The number of benzene rings is 1. The van der Waals surface area contributed by atoms with E-state index in [0.29, 0.717) is 27.8 Å². The molecule has 0 radical (unpaired) electrons. The molecule has 5 nitrogen and oxygen atoms in total. The predicted molar refractivity (Wildman–Crippen MR) is 82.5 cm³/mol. The first kappa shape index (κ1) is 15.1. The van der Waals surface area contributed by atoms with Crippen LogP contribution in [0, 0.1) is 20.8 Å². The van der Waals surface area contributed by atoms with Crippen LogP contribution in [0.4, 0.5) is 0 Å². The number of nitrogens with zero attached hydrogens (tertiary/aromatic N) is 2. The Kier molecular flexibility index (Phi) is 4.33. The maximum Gasteiger partial charge on any atom is 0.175 e. The van der Waals surface area contributed by atoms with Gasteiger partial charge >= 0.3 is 0 Å². The highest BCUT2D eigenvalue weighted by molar-refractivity contribution is 6.32. The van der Waals surface area contributed by atoms with Gasteiger partial charge in [-0.2, -0.15) is 0 Å². The Labute approximate surface area is 128 Å². The summed E-state index contributed by atoms with van der Waals surface area (Å²) in [6.07, 6.45) is 0. The summed E-state index contributed by atoms with van der Waals surface area (Å²) in [5.41, 5.74) is 8.56. The molecule has 0 aliphatic carbocycles. The topological polar surface area (TPSA) is 80.7 Å². The summed E-state index contributed by atoms with van der Waals surface area (Å²) in [5, 5.41) is 12.4. The number of ether oxygens (including phenoxy) is 1. The number of hydrogen-bond donors (Lipinski definition) is 2. The molecule has 0 aliphatic heterocycles. The van der Waals surface area contributed by atoms with E-state index < -0.39 is 0 Å². The smallest absolute Gasteiger partial charge is 0.175 e. The summed E-state index contributed by atoms with van der Waals surface area (Å²) < 4.78 is 5.86. The Morgan fingerprint density at radius 3 is 2.62 bits per heavy atom. The maximum absolute atomic E-state index is 8.92. The average Bonchev–Trinajstić information content (AvgIpc) is 2.41. The molecule has 1 aromatic heterocycles. The van der Waals surface area contributed by atoms with Gasteiger partial charge in [-0.25, -0.2) is 0 Å². The first-order valence-electron chi connectivity index (χ1n) is 6.32. The van der Waals surface area contributed by atoms with Gasteiger partial charge in [-0.05, 0) is 38.5 Å². The maximum atomic E-state index is 8.92. The molecule has 0 fully saturated rings. The molecule has 0 saturated carbocycles. The van der Waals surface area contributed by atoms with E-state index in [0.717, 1.165) is 11.3 Å². The third-order valence-electron chi connectivity index (χ3n) is 2.96. The third-order valence-corrected chi connectivity index (χ3v) is 3.27. The highest BCUT2D eigenvalue weighted by Crippen LogP contribution is 2.33. The molecule has 0 spiro atoms.